The summed E-state index contributed by atoms with van der Waals surface area (Å²) in [6, 6.07) is 1.86. The number of nitrogens with zero attached hydrogens (tertiary/aromatic N) is 2. The smallest absolute Gasteiger partial charge is 0.354 e. The summed E-state index contributed by atoms with van der Waals surface area (Å²) in [6.07, 6.45) is 6.60. The van der Waals surface area contributed by atoms with Crippen LogP contribution < -0.4 is 5.32 Å². The Kier molecular flexibility index (Phi) is 4.77. The largest absolute Gasteiger partial charge is 0.487 e. The molecule has 0 unspecified atom stereocenters. The van der Waals surface area contributed by atoms with Gasteiger partial charge in [-0.05, 0) is 24.3 Å². The van der Waals surface area contributed by atoms with Gasteiger partial charge < -0.3 is 20.2 Å². The van der Waals surface area contributed by atoms with E-state index in [4.69, 9.17) is 14.9 Å². The topological polar surface area (TPSA) is 89.2 Å². The Morgan fingerprint density at radius 3 is 2.82 bits per heavy atom. The van der Waals surface area contributed by atoms with E-state index in [0.29, 0.717) is 17.9 Å². The van der Waals surface area contributed by atoms with Gasteiger partial charge in [0.1, 0.15) is 18.1 Å². The maximum atomic E-state index is 11.7. The zero-order chi connectivity index (χ0) is 16.1. The second-order valence-corrected chi connectivity index (χ2v) is 4.56. The van der Waals surface area contributed by atoms with Gasteiger partial charge in [0.2, 0.25) is 0 Å². The Balaban J connectivity index is 2.22. The summed E-state index contributed by atoms with van der Waals surface area (Å²) in [5.41, 5.74) is 1.78. The van der Waals surface area contributed by atoms with Gasteiger partial charge in [0, 0.05) is 25.9 Å². The number of hydrogen-bond donors (Lipinski definition) is 2. The van der Waals surface area contributed by atoms with Crippen molar-refractivity contribution in [2.45, 2.75) is 6.61 Å². The first-order valence-electron chi connectivity index (χ1n) is 6.65. The molecule has 2 rings (SSSR count). The zero-order valence-electron chi connectivity index (χ0n) is 12.7. The molecule has 116 valence electrons. The quantitative estimate of drug-likeness (QED) is 0.627. The number of aromatic nitrogens is 2. The molecule has 0 spiro atoms. The number of carbonyl (C=O) groups excluding carboxylic acids is 1. The monoisotopic (exact) mass is 302 g/mol. The molecule has 0 aliphatic heterocycles. The molecular weight excluding hydrogens is 284 g/mol. The van der Waals surface area contributed by atoms with Gasteiger partial charge in [-0.15, -0.1) is 0 Å². The Bertz CT molecular complexity index is 683. The minimum atomic E-state index is -0.528. The third kappa shape index (κ3) is 3.25. The Labute approximate surface area is 128 Å². The molecule has 2 N–H and O–H groups in total. The summed E-state index contributed by atoms with van der Waals surface area (Å²) in [6.45, 7) is 0.348. The van der Waals surface area contributed by atoms with Gasteiger partial charge in [-0.1, -0.05) is 0 Å². The molecule has 0 fully saturated rings. The summed E-state index contributed by atoms with van der Waals surface area (Å²) in [5, 5.41) is 14.8. The lowest BCUT2D eigenvalue weighted by Crippen LogP contribution is -2.22. The number of nitrogens with one attached hydrogen (secondary N) is 2. The van der Waals surface area contributed by atoms with Crippen LogP contribution in [-0.4, -0.2) is 35.6 Å². The first-order chi connectivity index (χ1) is 10.6. The standard InChI is InChI=1S/C15H18N4O3/c1-17-14(15(20)21-3)12-8-11(4-5-13(12)16)22-9-10-6-7-18-19(10)2/h4-8,16-17H,9H2,1-3H3/b14-12-,16-13?. The highest BCUT2D eigenvalue weighted by molar-refractivity contribution is 6.13. The molecule has 0 radical (unpaired) electrons. The molecule has 1 aromatic heterocycles. The van der Waals surface area contributed by atoms with Crippen LogP contribution in [-0.2, 0) is 27.9 Å². The highest BCUT2D eigenvalue weighted by atomic mass is 16.5. The average molecular weight is 302 g/mol. The van der Waals surface area contributed by atoms with E-state index in [-0.39, 0.29) is 11.4 Å². The lowest BCUT2D eigenvalue weighted by Gasteiger charge is -2.15. The molecular formula is C15H18N4O3. The zero-order valence-corrected chi connectivity index (χ0v) is 12.7. The second kappa shape index (κ2) is 6.75. The van der Waals surface area contributed by atoms with Crippen LogP contribution in [0.15, 0.2) is 47.5 Å². The van der Waals surface area contributed by atoms with Crippen molar-refractivity contribution in [3.63, 3.8) is 0 Å². The molecule has 0 atom stereocenters. The number of methoxy groups -OCH3 is 1. The summed E-state index contributed by atoms with van der Waals surface area (Å²) in [5.74, 6) is 0.0311. The van der Waals surface area contributed by atoms with Crippen LogP contribution in [0.4, 0.5) is 0 Å². The summed E-state index contributed by atoms with van der Waals surface area (Å²) in [4.78, 5) is 11.7. The van der Waals surface area contributed by atoms with Crippen molar-refractivity contribution in [1.29, 1.82) is 5.41 Å². The van der Waals surface area contributed by atoms with E-state index < -0.39 is 5.97 Å². The third-order valence-corrected chi connectivity index (χ3v) is 3.21. The van der Waals surface area contributed by atoms with Gasteiger partial charge >= 0.3 is 5.97 Å². The van der Waals surface area contributed by atoms with E-state index in [1.807, 2.05) is 13.1 Å². The predicted molar refractivity (Wildman–Crippen MR) is 81.0 cm³/mol. The fourth-order valence-corrected chi connectivity index (χ4v) is 1.97. The predicted octanol–water partition coefficient (Wildman–Crippen LogP) is 1.06. The van der Waals surface area contributed by atoms with Gasteiger partial charge in [0.15, 0.2) is 0 Å². The van der Waals surface area contributed by atoms with E-state index >= 15 is 0 Å². The number of aryl methyl sites for hydroxylation is 1. The van der Waals surface area contributed by atoms with Crippen molar-refractivity contribution in [3.8, 4) is 0 Å². The van der Waals surface area contributed by atoms with Gasteiger partial charge in [-0.25, -0.2) is 4.79 Å². The SMILES string of the molecule is CN/C(C(=O)OC)=C1/C=C(OCc2ccnn2C)C=CC1=N. The van der Waals surface area contributed by atoms with Crippen LogP contribution in [0.25, 0.3) is 0 Å². The van der Waals surface area contributed by atoms with Gasteiger partial charge in [-0.2, -0.15) is 5.10 Å². The fraction of sp³-hybridized carbons (Fsp3) is 0.267. The highest BCUT2D eigenvalue weighted by Crippen LogP contribution is 2.18. The van der Waals surface area contributed by atoms with Gasteiger partial charge in [0.05, 0.1) is 18.5 Å². The summed E-state index contributed by atoms with van der Waals surface area (Å²) >= 11 is 0. The third-order valence-electron chi connectivity index (χ3n) is 3.21. The Morgan fingerprint density at radius 1 is 1.45 bits per heavy atom. The maximum Gasteiger partial charge on any atom is 0.354 e. The number of allylic oxidation sites excluding steroid dienone is 4. The minimum Gasteiger partial charge on any atom is -0.487 e. The fourth-order valence-electron chi connectivity index (χ4n) is 1.97. The number of likely N-dealkylation sites (N-methyl/N-ethyl adjacent to an activating group) is 1. The van der Waals surface area contributed by atoms with Crippen molar-refractivity contribution in [1.82, 2.24) is 15.1 Å². The number of rotatable bonds is 5. The van der Waals surface area contributed by atoms with Gasteiger partial charge in [-0.3, -0.25) is 4.68 Å². The maximum absolute atomic E-state index is 11.7. The number of hydrogen-bond acceptors (Lipinski definition) is 6. The van der Waals surface area contributed by atoms with Crippen molar-refractivity contribution in [2.24, 2.45) is 7.05 Å². The minimum absolute atomic E-state index is 0.211. The number of ether oxygens (including phenoxy) is 2. The molecule has 1 aromatic rings. The molecule has 1 heterocycles. The molecule has 0 aromatic carbocycles. The second-order valence-electron chi connectivity index (χ2n) is 4.56. The first kappa shape index (κ1) is 15.6. The van der Waals surface area contributed by atoms with Gasteiger partial charge in [0.25, 0.3) is 0 Å². The van der Waals surface area contributed by atoms with E-state index in [1.165, 1.54) is 7.11 Å². The molecule has 1 aliphatic rings. The van der Waals surface area contributed by atoms with Crippen molar-refractivity contribution < 1.29 is 14.3 Å². The Hall–Kier alpha value is -2.83. The van der Waals surface area contributed by atoms with E-state index in [9.17, 15) is 4.79 Å². The Morgan fingerprint density at radius 2 is 2.23 bits per heavy atom. The van der Waals surface area contributed by atoms with Crippen LogP contribution in [0.1, 0.15) is 5.69 Å². The lowest BCUT2D eigenvalue weighted by molar-refractivity contribution is -0.136. The van der Waals surface area contributed by atoms with Crippen LogP contribution in [0.3, 0.4) is 0 Å². The van der Waals surface area contributed by atoms with E-state index in [1.54, 1.807) is 36.2 Å². The molecule has 0 saturated heterocycles. The molecule has 0 bridgehead atoms. The van der Waals surface area contributed by atoms with Crippen LogP contribution in [0.2, 0.25) is 0 Å². The van der Waals surface area contributed by atoms with Crippen LogP contribution in [0, 0.1) is 5.41 Å². The van der Waals surface area contributed by atoms with Crippen molar-refractivity contribution >= 4 is 11.7 Å². The number of carbonyl (C=O) groups is 1. The van der Waals surface area contributed by atoms with Crippen molar-refractivity contribution in [3.05, 3.63) is 53.2 Å². The number of esters is 1. The summed E-state index contributed by atoms with van der Waals surface area (Å²) in [7, 11) is 4.74. The highest BCUT2D eigenvalue weighted by Gasteiger charge is 2.19. The molecule has 0 amide bonds. The molecule has 7 heteroatoms. The normalized spacial score (nSPS) is 16.1. The van der Waals surface area contributed by atoms with E-state index in [0.717, 1.165) is 5.69 Å². The van der Waals surface area contributed by atoms with E-state index in [2.05, 4.69) is 10.4 Å². The average Bonchev–Trinajstić information content (AvgIpc) is 2.93. The molecule has 7 nitrogen and oxygen atoms in total. The van der Waals surface area contributed by atoms with Crippen LogP contribution >= 0.6 is 0 Å². The molecule has 22 heavy (non-hydrogen) atoms. The van der Waals surface area contributed by atoms with Crippen molar-refractivity contribution in [2.75, 3.05) is 14.2 Å². The summed E-state index contributed by atoms with van der Waals surface area (Å²) < 4.78 is 12.1. The lowest BCUT2D eigenvalue weighted by atomic mass is 10.0. The first-order valence-corrected chi connectivity index (χ1v) is 6.65. The molecule has 0 saturated carbocycles. The molecule has 1 aliphatic carbocycles. The van der Waals surface area contributed by atoms with Crippen LogP contribution in [0.5, 0.6) is 0 Å².